The van der Waals surface area contributed by atoms with E-state index in [4.69, 9.17) is 0 Å². The number of unbranched alkanes of at least 4 members (excludes halogenated alkanes) is 7. The normalized spacial score (nSPS) is 13.4. The standard InChI is InChI=1S/C16H32/c1-4-6-8-9-10-11-12-13-15-16(3)14-7-5-2/h5,7,16H,4,6,8-15H2,1-3H3. The lowest BCUT2D eigenvalue weighted by molar-refractivity contribution is 0.484. The highest BCUT2D eigenvalue weighted by Gasteiger charge is 1.99. The second kappa shape index (κ2) is 12.8. The van der Waals surface area contributed by atoms with Crippen LogP contribution in [0.25, 0.3) is 0 Å². The summed E-state index contributed by atoms with van der Waals surface area (Å²) in [5, 5.41) is 0. The monoisotopic (exact) mass is 224 g/mol. The predicted octanol–water partition coefficient (Wildman–Crippen LogP) is 6.12. The first-order valence-corrected chi connectivity index (χ1v) is 7.42. The fourth-order valence-corrected chi connectivity index (χ4v) is 2.11. The van der Waals surface area contributed by atoms with Crippen molar-refractivity contribution in [2.45, 2.75) is 85.0 Å². The van der Waals surface area contributed by atoms with Crippen LogP contribution >= 0.6 is 0 Å². The van der Waals surface area contributed by atoms with Gasteiger partial charge in [-0.3, -0.25) is 0 Å². The largest absolute Gasteiger partial charge is 0.0917 e. The molecule has 0 amide bonds. The minimum Gasteiger partial charge on any atom is -0.0917 e. The second-order valence-corrected chi connectivity index (χ2v) is 5.17. The van der Waals surface area contributed by atoms with E-state index in [-0.39, 0.29) is 0 Å². The van der Waals surface area contributed by atoms with Crippen LogP contribution in [0.4, 0.5) is 0 Å². The molecular formula is C16H32. The third-order valence-electron chi connectivity index (χ3n) is 3.32. The molecule has 0 saturated heterocycles. The Bertz CT molecular complexity index is 146. The Morgan fingerprint density at radius 2 is 1.44 bits per heavy atom. The van der Waals surface area contributed by atoms with Gasteiger partial charge in [0.2, 0.25) is 0 Å². The number of hydrogen-bond donors (Lipinski definition) is 0. The Morgan fingerprint density at radius 3 is 2.00 bits per heavy atom. The quantitative estimate of drug-likeness (QED) is 0.293. The molecule has 0 heteroatoms. The van der Waals surface area contributed by atoms with E-state index in [1.807, 2.05) is 0 Å². The van der Waals surface area contributed by atoms with Crippen molar-refractivity contribution in [2.75, 3.05) is 0 Å². The molecule has 0 saturated carbocycles. The Labute approximate surface area is 104 Å². The first kappa shape index (κ1) is 15.7. The molecule has 0 nitrogen and oxygen atoms in total. The SMILES string of the molecule is CC=CCC(C)CCCCCCCCCC. The molecule has 0 spiro atoms. The maximum atomic E-state index is 2.38. The lowest BCUT2D eigenvalue weighted by Gasteiger charge is -2.08. The van der Waals surface area contributed by atoms with E-state index < -0.39 is 0 Å². The minimum atomic E-state index is 0.885. The third kappa shape index (κ3) is 11.8. The highest BCUT2D eigenvalue weighted by atomic mass is 14.0. The van der Waals surface area contributed by atoms with Crippen LogP contribution in [0.2, 0.25) is 0 Å². The van der Waals surface area contributed by atoms with Gasteiger partial charge in [-0.15, -0.1) is 0 Å². The first-order valence-electron chi connectivity index (χ1n) is 7.42. The van der Waals surface area contributed by atoms with Gasteiger partial charge in [0.05, 0.1) is 0 Å². The van der Waals surface area contributed by atoms with Crippen LogP contribution in [0.5, 0.6) is 0 Å². The van der Waals surface area contributed by atoms with Gasteiger partial charge in [0.25, 0.3) is 0 Å². The van der Waals surface area contributed by atoms with Crippen LogP contribution in [0.1, 0.15) is 85.0 Å². The molecule has 96 valence electrons. The van der Waals surface area contributed by atoms with Crippen LogP contribution in [0.15, 0.2) is 12.2 Å². The van der Waals surface area contributed by atoms with Crippen LogP contribution in [0, 0.1) is 5.92 Å². The maximum absolute atomic E-state index is 2.38. The highest BCUT2D eigenvalue weighted by Crippen LogP contribution is 2.15. The summed E-state index contributed by atoms with van der Waals surface area (Å²) in [5.41, 5.74) is 0. The Hall–Kier alpha value is -0.260. The molecule has 0 aromatic rings. The summed E-state index contributed by atoms with van der Waals surface area (Å²) in [5.74, 6) is 0.885. The number of allylic oxidation sites excluding steroid dienone is 2. The van der Waals surface area contributed by atoms with Gasteiger partial charge in [-0.2, -0.15) is 0 Å². The summed E-state index contributed by atoms with van der Waals surface area (Å²) >= 11 is 0. The highest BCUT2D eigenvalue weighted by molar-refractivity contribution is 4.78. The summed E-state index contributed by atoms with van der Waals surface area (Å²) in [6.45, 7) is 6.77. The molecular weight excluding hydrogens is 192 g/mol. The van der Waals surface area contributed by atoms with Crippen molar-refractivity contribution in [3.8, 4) is 0 Å². The van der Waals surface area contributed by atoms with Crippen molar-refractivity contribution in [3.05, 3.63) is 12.2 Å². The van der Waals surface area contributed by atoms with E-state index in [9.17, 15) is 0 Å². The predicted molar refractivity (Wildman–Crippen MR) is 75.8 cm³/mol. The molecule has 16 heavy (non-hydrogen) atoms. The smallest absolute Gasteiger partial charge is 0.0325 e. The topological polar surface area (TPSA) is 0 Å². The fourth-order valence-electron chi connectivity index (χ4n) is 2.11. The van der Waals surface area contributed by atoms with E-state index in [0.29, 0.717) is 0 Å². The molecule has 1 unspecified atom stereocenters. The molecule has 0 N–H and O–H groups in total. The molecule has 0 aliphatic heterocycles. The average molecular weight is 224 g/mol. The van der Waals surface area contributed by atoms with E-state index in [2.05, 4.69) is 32.9 Å². The van der Waals surface area contributed by atoms with Gasteiger partial charge >= 0.3 is 0 Å². The molecule has 0 aromatic heterocycles. The van der Waals surface area contributed by atoms with Crippen molar-refractivity contribution >= 4 is 0 Å². The molecule has 0 aliphatic carbocycles. The van der Waals surface area contributed by atoms with Crippen molar-refractivity contribution in [2.24, 2.45) is 5.92 Å². The zero-order valence-electron chi connectivity index (χ0n) is 11.8. The van der Waals surface area contributed by atoms with Crippen LogP contribution in [0.3, 0.4) is 0 Å². The average Bonchev–Trinajstić information content (AvgIpc) is 2.30. The second-order valence-electron chi connectivity index (χ2n) is 5.17. The molecule has 0 rings (SSSR count). The van der Waals surface area contributed by atoms with Gasteiger partial charge in [-0.25, -0.2) is 0 Å². The van der Waals surface area contributed by atoms with E-state index in [0.717, 1.165) is 5.92 Å². The first-order chi connectivity index (χ1) is 7.81. The van der Waals surface area contributed by atoms with Crippen molar-refractivity contribution in [3.63, 3.8) is 0 Å². The summed E-state index contributed by atoms with van der Waals surface area (Å²) in [7, 11) is 0. The molecule has 0 bridgehead atoms. The van der Waals surface area contributed by atoms with Gasteiger partial charge in [0.1, 0.15) is 0 Å². The van der Waals surface area contributed by atoms with Crippen molar-refractivity contribution in [1.82, 2.24) is 0 Å². The number of rotatable bonds is 11. The molecule has 0 heterocycles. The van der Waals surface area contributed by atoms with Gasteiger partial charge in [0, 0.05) is 0 Å². The van der Waals surface area contributed by atoms with E-state index in [1.165, 1.54) is 64.2 Å². The van der Waals surface area contributed by atoms with Crippen LogP contribution in [-0.2, 0) is 0 Å². The van der Waals surface area contributed by atoms with E-state index >= 15 is 0 Å². The zero-order chi connectivity index (χ0) is 12.1. The Morgan fingerprint density at radius 1 is 0.875 bits per heavy atom. The molecule has 0 aliphatic rings. The maximum Gasteiger partial charge on any atom is -0.0325 e. The molecule has 0 fully saturated rings. The molecule has 1 atom stereocenters. The Balaban J connectivity index is 3.08. The third-order valence-corrected chi connectivity index (χ3v) is 3.32. The number of hydrogen-bond acceptors (Lipinski definition) is 0. The van der Waals surface area contributed by atoms with Crippen molar-refractivity contribution in [1.29, 1.82) is 0 Å². The van der Waals surface area contributed by atoms with Gasteiger partial charge in [-0.05, 0) is 19.3 Å². The van der Waals surface area contributed by atoms with Crippen LogP contribution < -0.4 is 0 Å². The van der Waals surface area contributed by atoms with Crippen LogP contribution in [-0.4, -0.2) is 0 Å². The van der Waals surface area contributed by atoms with Gasteiger partial charge in [-0.1, -0.05) is 83.8 Å². The summed E-state index contributed by atoms with van der Waals surface area (Å²) in [4.78, 5) is 0. The molecule has 0 radical (unpaired) electrons. The van der Waals surface area contributed by atoms with E-state index in [1.54, 1.807) is 0 Å². The van der Waals surface area contributed by atoms with Gasteiger partial charge < -0.3 is 0 Å². The summed E-state index contributed by atoms with van der Waals surface area (Å²) < 4.78 is 0. The lowest BCUT2D eigenvalue weighted by Crippen LogP contribution is -1.92. The minimum absolute atomic E-state index is 0.885. The zero-order valence-corrected chi connectivity index (χ0v) is 11.8. The summed E-state index contributed by atoms with van der Waals surface area (Å²) in [6, 6.07) is 0. The van der Waals surface area contributed by atoms with Gasteiger partial charge in [0.15, 0.2) is 0 Å². The molecule has 0 aromatic carbocycles. The lowest BCUT2D eigenvalue weighted by atomic mass is 9.98. The Kier molecular flexibility index (Phi) is 12.6. The fraction of sp³-hybridized carbons (Fsp3) is 0.875. The summed E-state index contributed by atoms with van der Waals surface area (Å²) in [6.07, 6.45) is 18.7. The van der Waals surface area contributed by atoms with Crippen molar-refractivity contribution < 1.29 is 0 Å².